The number of hydrogen-bond donors (Lipinski definition) is 1. The number of benzene rings is 2. The van der Waals surface area contributed by atoms with Crippen LogP contribution >= 0.6 is 11.6 Å². The van der Waals surface area contributed by atoms with E-state index in [4.69, 9.17) is 16.0 Å². The van der Waals surface area contributed by atoms with Gasteiger partial charge in [-0.25, -0.2) is 0 Å². The first kappa shape index (κ1) is 18.7. The number of amides is 1. The van der Waals surface area contributed by atoms with E-state index in [1.54, 1.807) is 18.2 Å². The Hall–Kier alpha value is -3.05. The lowest BCUT2D eigenvalue weighted by molar-refractivity contribution is 0.0995. The molecule has 3 aromatic rings. The zero-order chi connectivity index (χ0) is 19.6. The molecule has 0 saturated heterocycles. The van der Waals surface area contributed by atoms with E-state index in [0.717, 1.165) is 16.8 Å². The molecule has 0 unspecified atom stereocenters. The number of aryl methyl sites for hydroxylation is 1. The van der Waals surface area contributed by atoms with Gasteiger partial charge in [-0.1, -0.05) is 11.6 Å². The van der Waals surface area contributed by atoms with Crippen molar-refractivity contribution in [3.8, 4) is 11.3 Å². The minimum Gasteiger partial charge on any atom is -0.451 e. The van der Waals surface area contributed by atoms with Crippen LogP contribution in [-0.4, -0.2) is 20.0 Å². The van der Waals surface area contributed by atoms with Crippen LogP contribution in [0, 0.1) is 6.92 Å². The van der Waals surface area contributed by atoms with E-state index in [1.807, 2.05) is 50.2 Å². The summed E-state index contributed by atoms with van der Waals surface area (Å²) in [5.41, 5.74) is 2.86. The molecule has 1 N–H and O–H groups in total. The molecular formula is C21H19ClN2O3. The number of anilines is 2. The minimum atomic E-state index is -0.496. The largest absolute Gasteiger partial charge is 0.451 e. The first-order valence-corrected chi connectivity index (χ1v) is 8.72. The van der Waals surface area contributed by atoms with Gasteiger partial charge in [-0.05, 0) is 55.0 Å². The van der Waals surface area contributed by atoms with Gasteiger partial charge in [0.15, 0.2) is 11.2 Å². The molecule has 0 aliphatic heterocycles. The lowest BCUT2D eigenvalue weighted by atomic mass is 10.1. The fraction of sp³-hybridized carbons (Fsp3) is 0.143. The summed E-state index contributed by atoms with van der Waals surface area (Å²) < 4.78 is 5.69. The van der Waals surface area contributed by atoms with Crippen LogP contribution in [0.3, 0.4) is 0 Å². The second-order valence-electron chi connectivity index (χ2n) is 6.38. The van der Waals surface area contributed by atoms with Gasteiger partial charge in [-0.3, -0.25) is 9.59 Å². The highest BCUT2D eigenvalue weighted by Crippen LogP contribution is 2.24. The summed E-state index contributed by atoms with van der Waals surface area (Å²) in [5.74, 6) is -0.210. The van der Waals surface area contributed by atoms with Crippen molar-refractivity contribution in [1.29, 1.82) is 0 Å². The average Bonchev–Trinajstić information content (AvgIpc) is 2.63. The lowest BCUT2D eigenvalue weighted by Crippen LogP contribution is -2.15. The van der Waals surface area contributed by atoms with Crippen LogP contribution in [0.15, 0.2) is 63.8 Å². The van der Waals surface area contributed by atoms with Crippen molar-refractivity contribution in [3.63, 3.8) is 0 Å². The molecule has 1 aromatic heterocycles. The Morgan fingerprint density at radius 3 is 2.37 bits per heavy atom. The Morgan fingerprint density at radius 2 is 1.74 bits per heavy atom. The molecule has 6 heteroatoms. The van der Waals surface area contributed by atoms with Crippen molar-refractivity contribution in [3.05, 3.63) is 81.2 Å². The van der Waals surface area contributed by atoms with Gasteiger partial charge in [0, 0.05) is 48.2 Å². The van der Waals surface area contributed by atoms with Crippen molar-refractivity contribution in [2.75, 3.05) is 24.3 Å². The summed E-state index contributed by atoms with van der Waals surface area (Å²) in [5, 5.41) is 3.33. The molecule has 1 amide bonds. The maximum absolute atomic E-state index is 12.5. The standard InChI is InChI=1S/C21H19ClN2O3/c1-13-10-15(22)6-9-18(13)23-21(26)20-12-17(25)11-19(27-20)14-4-7-16(8-5-14)24(2)3/h4-12H,1-3H3,(H,23,26). The van der Waals surface area contributed by atoms with Crippen LogP contribution in [0.25, 0.3) is 11.3 Å². The van der Waals surface area contributed by atoms with Crippen LogP contribution in [0.5, 0.6) is 0 Å². The van der Waals surface area contributed by atoms with Crippen LogP contribution in [0.2, 0.25) is 5.02 Å². The normalized spacial score (nSPS) is 10.5. The summed E-state index contributed by atoms with van der Waals surface area (Å²) in [7, 11) is 3.89. The number of carbonyl (C=O) groups is 1. The lowest BCUT2D eigenvalue weighted by Gasteiger charge is -2.12. The average molecular weight is 383 g/mol. The van der Waals surface area contributed by atoms with Gasteiger partial charge in [-0.15, -0.1) is 0 Å². The zero-order valence-electron chi connectivity index (χ0n) is 15.2. The number of hydrogen-bond acceptors (Lipinski definition) is 4. The highest BCUT2D eigenvalue weighted by molar-refractivity contribution is 6.30. The smallest absolute Gasteiger partial charge is 0.291 e. The number of carbonyl (C=O) groups excluding carboxylic acids is 1. The maximum atomic E-state index is 12.5. The van der Waals surface area contributed by atoms with Crippen molar-refractivity contribution < 1.29 is 9.21 Å². The van der Waals surface area contributed by atoms with Gasteiger partial charge < -0.3 is 14.6 Å². The van der Waals surface area contributed by atoms with E-state index in [1.165, 1.54) is 12.1 Å². The Balaban J connectivity index is 1.90. The summed E-state index contributed by atoms with van der Waals surface area (Å²) in [6.45, 7) is 1.83. The molecule has 5 nitrogen and oxygen atoms in total. The SMILES string of the molecule is Cc1cc(Cl)ccc1NC(=O)c1cc(=O)cc(-c2ccc(N(C)C)cc2)o1. The second kappa shape index (κ2) is 7.68. The van der Waals surface area contributed by atoms with Gasteiger partial charge in [0.05, 0.1) is 0 Å². The highest BCUT2D eigenvalue weighted by atomic mass is 35.5. The Morgan fingerprint density at radius 1 is 1.04 bits per heavy atom. The third kappa shape index (κ3) is 4.38. The fourth-order valence-corrected chi connectivity index (χ4v) is 2.83. The molecule has 0 bridgehead atoms. The van der Waals surface area contributed by atoms with Crippen molar-refractivity contribution in [2.45, 2.75) is 6.92 Å². The molecule has 0 fully saturated rings. The molecule has 0 aliphatic carbocycles. The summed E-state index contributed by atoms with van der Waals surface area (Å²) in [4.78, 5) is 26.6. The minimum absolute atomic E-state index is 0.0523. The van der Waals surface area contributed by atoms with Gasteiger partial charge in [0.2, 0.25) is 0 Å². The van der Waals surface area contributed by atoms with Crippen LogP contribution in [-0.2, 0) is 0 Å². The second-order valence-corrected chi connectivity index (χ2v) is 6.81. The number of halogens is 1. The Kier molecular flexibility index (Phi) is 5.33. The zero-order valence-corrected chi connectivity index (χ0v) is 16.0. The Bertz CT molecular complexity index is 1040. The number of nitrogens with one attached hydrogen (secondary N) is 1. The molecule has 0 aliphatic rings. The molecule has 1 heterocycles. The predicted molar refractivity (Wildman–Crippen MR) is 109 cm³/mol. The summed E-state index contributed by atoms with van der Waals surface area (Å²) >= 11 is 5.93. The van der Waals surface area contributed by atoms with E-state index in [-0.39, 0.29) is 11.2 Å². The van der Waals surface area contributed by atoms with Crippen molar-refractivity contribution in [1.82, 2.24) is 0 Å². The molecule has 2 aromatic carbocycles. The number of rotatable bonds is 4. The summed E-state index contributed by atoms with van der Waals surface area (Å²) in [6, 6.07) is 15.2. The molecule has 3 rings (SSSR count). The quantitative estimate of drug-likeness (QED) is 0.717. The van der Waals surface area contributed by atoms with Gasteiger partial charge in [0.25, 0.3) is 5.91 Å². The van der Waals surface area contributed by atoms with Crippen LogP contribution in [0.1, 0.15) is 16.1 Å². The molecule has 0 atom stereocenters. The van der Waals surface area contributed by atoms with Gasteiger partial charge >= 0.3 is 0 Å². The molecule has 0 radical (unpaired) electrons. The molecule has 0 spiro atoms. The number of nitrogens with zero attached hydrogens (tertiary/aromatic N) is 1. The predicted octanol–water partition coefficient (Wildman–Crippen LogP) is 4.59. The maximum Gasteiger partial charge on any atom is 0.291 e. The van der Waals surface area contributed by atoms with E-state index >= 15 is 0 Å². The molecular weight excluding hydrogens is 364 g/mol. The van der Waals surface area contributed by atoms with E-state index in [9.17, 15) is 9.59 Å². The van der Waals surface area contributed by atoms with Crippen LogP contribution in [0.4, 0.5) is 11.4 Å². The van der Waals surface area contributed by atoms with Crippen LogP contribution < -0.4 is 15.6 Å². The molecule has 0 saturated carbocycles. The highest BCUT2D eigenvalue weighted by Gasteiger charge is 2.14. The third-order valence-corrected chi connectivity index (χ3v) is 4.33. The van der Waals surface area contributed by atoms with Gasteiger partial charge in [-0.2, -0.15) is 0 Å². The first-order valence-electron chi connectivity index (χ1n) is 8.34. The first-order chi connectivity index (χ1) is 12.8. The topological polar surface area (TPSA) is 62.6 Å². The fourth-order valence-electron chi connectivity index (χ4n) is 2.61. The van der Waals surface area contributed by atoms with Gasteiger partial charge in [0.1, 0.15) is 5.76 Å². The van der Waals surface area contributed by atoms with E-state index in [2.05, 4.69) is 5.32 Å². The monoisotopic (exact) mass is 382 g/mol. The van der Waals surface area contributed by atoms with Crippen molar-refractivity contribution >= 4 is 28.9 Å². The molecule has 27 heavy (non-hydrogen) atoms. The van der Waals surface area contributed by atoms with Crippen molar-refractivity contribution in [2.24, 2.45) is 0 Å². The summed E-state index contributed by atoms with van der Waals surface area (Å²) in [6.07, 6.45) is 0. The van der Waals surface area contributed by atoms with E-state index in [0.29, 0.717) is 16.5 Å². The third-order valence-electron chi connectivity index (χ3n) is 4.10. The Labute approximate surface area is 162 Å². The van der Waals surface area contributed by atoms with E-state index < -0.39 is 5.91 Å². The molecule has 138 valence electrons.